The third-order valence-electron chi connectivity index (χ3n) is 5.73. The second-order valence-electron chi connectivity index (χ2n) is 6.20. The van der Waals surface area contributed by atoms with Crippen LogP contribution in [-0.4, -0.2) is 6.29 Å². The molecule has 1 heteroatoms. The maximum Gasteiger partial charge on any atom is 0.124 e. The number of fused-ring (bicyclic) bond motifs is 1. The highest BCUT2D eigenvalue weighted by Crippen LogP contribution is 2.66. The van der Waals surface area contributed by atoms with Crippen LogP contribution in [0.15, 0.2) is 12.2 Å². The maximum absolute atomic E-state index is 11.4. The lowest BCUT2D eigenvalue weighted by Gasteiger charge is -2.55. The maximum atomic E-state index is 11.4. The lowest BCUT2D eigenvalue weighted by Crippen LogP contribution is -2.50. The van der Waals surface area contributed by atoms with Gasteiger partial charge in [-0.15, -0.1) is 0 Å². The van der Waals surface area contributed by atoms with Crippen LogP contribution in [0.4, 0.5) is 0 Å². The number of allylic oxidation sites excluding steroid dienone is 2. The van der Waals surface area contributed by atoms with Crippen molar-refractivity contribution >= 4 is 6.29 Å². The van der Waals surface area contributed by atoms with E-state index in [4.69, 9.17) is 0 Å². The fourth-order valence-corrected chi connectivity index (χ4v) is 4.55. The highest BCUT2D eigenvalue weighted by Gasteiger charge is 2.59. The van der Waals surface area contributed by atoms with E-state index in [9.17, 15) is 4.79 Å². The zero-order valence-corrected chi connectivity index (χ0v) is 9.70. The van der Waals surface area contributed by atoms with Gasteiger partial charge in [-0.25, -0.2) is 0 Å². The van der Waals surface area contributed by atoms with Crippen LogP contribution in [-0.2, 0) is 4.79 Å². The third-order valence-corrected chi connectivity index (χ3v) is 5.73. The first kappa shape index (κ1) is 9.62. The van der Waals surface area contributed by atoms with Crippen LogP contribution in [0.3, 0.4) is 0 Å². The summed E-state index contributed by atoms with van der Waals surface area (Å²) in [7, 11) is 0. The Bertz CT molecular complexity index is 332. The Morgan fingerprint density at radius 3 is 2.67 bits per heavy atom. The Labute approximate surface area is 91.9 Å². The zero-order valence-electron chi connectivity index (χ0n) is 9.70. The Morgan fingerprint density at radius 1 is 1.27 bits per heavy atom. The Morgan fingerprint density at radius 2 is 2.07 bits per heavy atom. The highest BCUT2D eigenvalue weighted by molar-refractivity contribution is 5.59. The Hall–Kier alpha value is -0.590. The third kappa shape index (κ3) is 0.971. The first-order valence-corrected chi connectivity index (χ1v) is 6.28. The molecule has 82 valence electrons. The second-order valence-corrected chi connectivity index (χ2v) is 6.20. The first-order valence-electron chi connectivity index (χ1n) is 6.28. The summed E-state index contributed by atoms with van der Waals surface area (Å²) < 4.78 is 0. The molecule has 1 nitrogen and oxygen atoms in total. The van der Waals surface area contributed by atoms with Crippen molar-refractivity contribution < 1.29 is 4.79 Å². The van der Waals surface area contributed by atoms with Crippen LogP contribution < -0.4 is 0 Å². The Balaban J connectivity index is 2.11. The summed E-state index contributed by atoms with van der Waals surface area (Å²) in [5, 5.41) is 0. The van der Waals surface area contributed by atoms with E-state index in [1.54, 1.807) is 0 Å². The molecule has 2 bridgehead atoms. The van der Waals surface area contributed by atoms with E-state index in [0.29, 0.717) is 17.3 Å². The van der Waals surface area contributed by atoms with Crippen LogP contribution in [0, 0.1) is 28.6 Å². The summed E-state index contributed by atoms with van der Waals surface area (Å²) in [6, 6.07) is 0. The lowest BCUT2D eigenvalue weighted by molar-refractivity contribution is -0.122. The number of carbonyl (C=O) groups is 1. The van der Waals surface area contributed by atoms with Gasteiger partial charge in [0.1, 0.15) is 6.29 Å². The van der Waals surface area contributed by atoms with E-state index in [1.165, 1.54) is 32.0 Å². The first-order chi connectivity index (χ1) is 7.12. The molecule has 0 aromatic heterocycles. The number of hydrogen-bond acceptors (Lipinski definition) is 1. The van der Waals surface area contributed by atoms with Crippen LogP contribution in [0.5, 0.6) is 0 Å². The molecule has 2 saturated carbocycles. The summed E-state index contributed by atoms with van der Waals surface area (Å²) >= 11 is 0. The van der Waals surface area contributed by atoms with Crippen molar-refractivity contribution in [3.05, 3.63) is 12.2 Å². The normalized spacial score (nSPS) is 56.8. The summed E-state index contributed by atoms with van der Waals surface area (Å²) in [6.07, 6.45) is 11.2. The van der Waals surface area contributed by atoms with Gasteiger partial charge in [-0.3, -0.25) is 0 Å². The lowest BCUT2D eigenvalue weighted by atomic mass is 9.48. The highest BCUT2D eigenvalue weighted by atomic mass is 16.1. The second kappa shape index (κ2) is 2.75. The molecule has 4 aliphatic carbocycles. The van der Waals surface area contributed by atoms with E-state index in [1.807, 2.05) is 0 Å². The molecule has 15 heavy (non-hydrogen) atoms. The van der Waals surface area contributed by atoms with Gasteiger partial charge in [0.05, 0.1) is 0 Å². The van der Waals surface area contributed by atoms with Gasteiger partial charge in [0, 0.05) is 5.92 Å². The van der Waals surface area contributed by atoms with Crippen molar-refractivity contribution in [1.82, 2.24) is 0 Å². The van der Waals surface area contributed by atoms with E-state index in [2.05, 4.69) is 26.0 Å². The van der Waals surface area contributed by atoms with Gasteiger partial charge in [-0.1, -0.05) is 26.0 Å². The van der Waals surface area contributed by atoms with Gasteiger partial charge in [0.2, 0.25) is 0 Å². The molecule has 2 fully saturated rings. The summed E-state index contributed by atoms with van der Waals surface area (Å²) in [4.78, 5) is 11.4. The van der Waals surface area contributed by atoms with Gasteiger partial charge >= 0.3 is 0 Å². The van der Waals surface area contributed by atoms with Crippen molar-refractivity contribution in [2.75, 3.05) is 0 Å². The summed E-state index contributed by atoms with van der Waals surface area (Å²) in [5.41, 5.74) is 0.571. The molecular formula is C14H20O. The molecule has 4 rings (SSSR count). The molecule has 0 aromatic rings. The molecule has 0 aromatic carbocycles. The molecule has 1 spiro atoms. The van der Waals surface area contributed by atoms with Crippen molar-refractivity contribution in [1.29, 1.82) is 0 Å². The fraction of sp³-hybridized carbons (Fsp3) is 0.786. The number of rotatable bonds is 1. The summed E-state index contributed by atoms with van der Waals surface area (Å²) in [5.74, 6) is 1.72. The van der Waals surface area contributed by atoms with Gasteiger partial charge in [0.25, 0.3) is 0 Å². The average molecular weight is 204 g/mol. The Kier molecular flexibility index (Phi) is 1.76. The molecule has 4 aliphatic rings. The molecule has 5 atom stereocenters. The molecule has 0 unspecified atom stereocenters. The van der Waals surface area contributed by atoms with E-state index < -0.39 is 0 Å². The fourth-order valence-electron chi connectivity index (χ4n) is 4.55. The van der Waals surface area contributed by atoms with Gasteiger partial charge in [-0.05, 0) is 48.3 Å². The molecule has 0 N–H and O–H groups in total. The quantitative estimate of drug-likeness (QED) is 0.473. The van der Waals surface area contributed by atoms with E-state index in [-0.39, 0.29) is 5.41 Å². The molecule has 0 heterocycles. The topological polar surface area (TPSA) is 17.1 Å². The van der Waals surface area contributed by atoms with Gasteiger partial charge in [0.15, 0.2) is 0 Å². The smallest absolute Gasteiger partial charge is 0.124 e. The SMILES string of the molecule is C[C@@H]1CC[C@H]2[C@H](C=O)[C@@]3(C)C=C[C@@]12CC3. The number of carbonyl (C=O) groups excluding carboxylic acids is 1. The van der Waals surface area contributed by atoms with Crippen molar-refractivity contribution in [3.63, 3.8) is 0 Å². The predicted molar refractivity (Wildman–Crippen MR) is 60.4 cm³/mol. The van der Waals surface area contributed by atoms with Crippen LogP contribution in [0.1, 0.15) is 39.5 Å². The van der Waals surface area contributed by atoms with Crippen LogP contribution in [0.2, 0.25) is 0 Å². The van der Waals surface area contributed by atoms with E-state index >= 15 is 0 Å². The van der Waals surface area contributed by atoms with Gasteiger partial charge in [-0.2, -0.15) is 0 Å². The van der Waals surface area contributed by atoms with Crippen LogP contribution >= 0.6 is 0 Å². The van der Waals surface area contributed by atoms with Crippen molar-refractivity contribution in [2.24, 2.45) is 28.6 Å². The minimum Gasteiger partial charge on any atom is -0.303 e. The summed E-state index contributed by atoms with van der Waals surface area (Å²) in [6.45, 7) is 4.65. The van der Waals surface area contributed by atoms with Crippen molar-refractivity contribution in [3.8, 4) is 0 Å². The predicted octanol–water partition coefficient (Wildman–Crippen LogP) is 3.20. The standard InChI is InChI=1S/C14H20O/c1-10-3-4-11-12(9-15)13(2)5-7-14(10,11)8-6-13/h5,7,9-12H,3-4,6,8H2,1-2H3/t10-,11+,12+,13+,14-/m1/s1. The molecule has 0 amide bonds. The van der Waals surface area contributed by atoms with Gasteiger partial charge < -0.3 is 4.79 Å². The minimum atomic E-state index is 0.179. The number of hydrogen-bond donors (Lipinski definition) is 0. The largest absolute Gasteiger partial charge is 0.303 e. The average Bonchev–Trinajstić information content (AvgIpc) is 2.56. The zero-order chi connectivity index (χ0) is 10.7. The van der Waals surface area contributed by atoms with Crippen LogP contribution in [0.25, 0.3) is 0 Å². The molecule has 0 saturated heterocycles. The molecule has 0 aliphatic heterocycles. The minimum absolute atomic E-state index is 0.179. The molecular weight excluding hydrogens is 184 g/mol. The van der Waals surface area contributed by atoms with Crippen molar-refractivity contribution in [2.45, 2.75) is 39.5 Å². The number of aldehydes is 1. The monoisotopic (exact) mass is 204 g/mol. The van der Waals surface area contributed by atoms with E-state index in [0.717, 1.165) is 5.92 Å². The molecule has 0 radical (unpaired) electrons.